The van der Waals surface area contributed by atoms with E-state index in [-0.39, 0.29) is 11.4 Å². The van der Waals surface area contributed by atoms with Gasteiger partial charge >= 0.3 is 5.97 Å². The van der Waals surface area contributed by atoms with Crippen molar-refractivity contribution in [3.63, 3.8) is 0 Å². The Morgan fingerprint density at radius 3 is 2.43 bits per heavy atom. The lowest BCUT2D eigenvalue weighted by molar-refractivity contribution is -0.385. The first kappa shape index (κ1) is 15.2. The Kier molecular flexibility index (Phi) is 4.40. The lowest BCUT2D eigenvalue weighted by Crippen LogP contribution is -2.46. The number of rotatable bonds is 4. The maximum Gasteiger partial charge on any atom is 0.329 e. The monoisotopic (exact) mass is 293 g/mol. The summed E-state index contributed by atoms with van der Waals surface area (Å²) in [5.74, 6) is -0.510. The maximum absolute atomic E-state index is 11.7. The molecule has 0 spiro atoms. The Morgan fingerprint density at radius 1 is 1.33 bits per heavy atom. The molecule has 1 heterocycles. The molecule has 7 nitrogen and oxygen atoms in total. The summed E-state index contributed by atoms with van der Waals surface area (Å²) in [6.45, 7) is 1.55. The number of nitro groups is 1. The van der Waals surface area contributed by atoms with Gasteiger partial charge in [-0.3, -0.25) is 10.1 Å². The molecule has 0 atom stereocenters. The summed E-state index contributed by atoms with van der Waals surface area (Å²) in [5, 5.41) is 23.4. The zero-order valence-electron chi connectivity index (χ0n) is 12.0. The van der Waals surface area contributed by atoms with Crippen molar-refractivity contribution < 1.29 is 14.8 Å². The Bertz CT molecular complexity index is 551. The van der Waals surface area contributed by atoms with Crippen LogP contribution in [0.4, 0.5) is 11.5 Å². The molecule has 0 aromatic carbocycles. The molecule has 114 valence electrons. The molecule has 2 N–H and O–H groups in total. The van der Waals surface area contributed by atoms with Gasteiger partial charge in [0.15, 0.2) is 0 Å². The van der Waals surface area contributed by atoms with Crippen molar-refractivity contribution in [1.29, 1.82) is 0 Å². The van der Waals surface area contributed by atoms with Gasteiger partial charge in [0.05, 0.1) is 4.92 Å². The smallest absolute Gasteiger partial charge is 0.329 e. The number of nitrogens with zero attached hydrogens (tertiary/aromatic N) is 2. The Labute approximate surface area is 122 Å². The molecule has 1 aliphatic rings. The molecule has 1 saturated carbocycles. The summed E-state index contributed by atoms with van der Waals surface area (Å²) in [5.41, 5.74) is -0.809. The van der Waals surface area contributed by atoms with Gasteiger partial charge < -0.3 is 10.4 Å². The van der Waals surface area contributed by atoms with E-state index in [2.05, 4.69) is 10.3 Å². The number of anilines is 1. The van der Waals surface area contributed by atoms with Crippen LogP contribution in [0.2, 0.25) is 0 Å². The minimum Gasteiger partial charge on any atom is -0.480 e. The zero-order chi connectivity index (χ0) is 15.5. The fourth-order valence-electron chi connectivity index (χ4n) is 2.79. The van der Waals surface area contributed by atoms with E-state index in [1.807, 2.05) is 0 Å². The minimum absolute atomic E-state index is 0.0641. The van der Waals surface area contributed by atoms with Gasteiger partial charge in [-0.05, 0) is 25.8 Å². The molecule has 0 radical (unpaired) electrons. The molecule has 0 aliphatic heterocycles. The van der Waals surface area contributed by atoms with Gasteiger partial charge in [0, 0.05) is 6.07 Å². The third-order valence-corrected chi connectivity index (χ3v) is 3.99. The van der Waals surface area contributed by atoms with Gasteiger partial charge in [-0.15, -0.1) is 0 Å². The molecule has 7 heteroatoms. The normalized spacial score (nSPS) is 17.8. The number of aliphatic carboxylic acids is 1. The molecular formula is C14H19N3O4. The standard InChI is InChI=1S/C14H19N3O4/c1-10-11(17(20)21)6-7-12(15-10)16-14(13(18)19)8-4-2-3-5-9-14/h6-7H,2-5,8-9H2,1H3,(H,15,16)(H,18,19). The van der Waals surface area contributed by atoms with E-state index in [0.717, 1.165) is 25.7 Å². The van der Waals surface area contributed by atoms with Crippen LogP contribution in [0, 0.1) is 17.0 Å². The third-order valence-electron chi connectivity index (χ3n) is 3.99. The van der Waals surface area contributed by atoms with E-state index in [4.69, 9.17) is 0 Å². The van der Waals surface area contributed by atoms with Crippen LogP contribution in [0.5, 0.6) is 0 Å². The molecule has 0 amide bonds. The number of hydrogen-bond donors (Lipinski definition) is 2. The van der Waals surface area contributed by atoms with E-state index in [9.17, 15) is 20.0 Å². The second kappa shape index (κ2) is 6.07. The second-order valence-electron chi connectivity index (χ2n) is 5.48. The first-order valence-electron chi connectivity index (χ1n) is 7.08. The number of carboxylic acid groups (broad SMARTS) is 1. The Morgan fingerprint density at radius 2 is 1.95 bits per heavy atom. The molecule has 21 heavy (non-hydrogen) atoms. The van der Waals surface area contributed by atoms with Crippen LogP contribution in [-0.4, -0.2) is 26.5 Å². The summed E-state index contributed by atoms with van der Waals surface area (Å²) in [4.78, 5) is 26.1. The number of carbonyl (C=O) groups is 1. The van der Waals surface area contributed by atoms with Crippen LogP contribution in [0.3, 0.4) is 0 Å². The van der Waals surface area contributed by atoms with Crippen molar-refractivity contribution in [3.05, 3.63) is 27.9 Å². The predicted octanol–water partition coefficient (Wildman–Crippen LogP) is 2.89. The molecule has 2 rings (SSSR count). The van der Waals surface area contributed by atoms with Crippen LogP contribution in [0.1, 0.15) is 44.2 Å². The van der Waals surface area contributed by atoms with Gasteiger partial charge in [0.25, 0.3) is 5.69 Å². The Hall–Kier alpha value is -2.18. The third kappa shape index (κ3) is 3.29. The lowest BCUT2D eigenvalue weighted by atomic mass is 9.90. The topological polar surface area (TPSA) is 105 Å². The number of carboxylic acids is 1. The number of nitrogens with one attached hydrogen (secondary N) is 1. The van der Waals surface area contributed by atoms with Crippen molar-refractivity contribution >= 4 is 17.5 Å². The van der Waals surface area contributed by atoms with Crippen molar-refractivity contribution in [2.75, 3.05) is 5.32 Å². The number of pyridine rings is 1. The van der Waals surface area contributed by atoms with Crippen LogP contribution in [0.25, 0.3) is 0 Å². The van der Waals surface area contributed by atoms with Crippen molar-refractivity contribution in [2.24, 2.45) is 0 Å². The SMILES string of the molecule is Cc1nc(NC2(C(=O)O)CCCCCC2)ccc1[N+](=O)[O-]. The number of aryl methyl sites for hydroxylation is 1. The van der Waals surface area contributed by atoms with E-state index in [0.29, 0.717) is 18.7 Å². The summed E-state index contributed by atoms with van der Waals surface area (Å²) < 4.78 is 0. The van der Waals surface area contributed by atoms with E-state index < -0.39 is 16.4 Å². The largest absolute Gasteiger partial charge is 0.480 e. The minimum atomic E-state index is -1.02. The number of aromatic nitrogens is 1. The summed E-state index contributed by atoms with van der Waals surface area (Å²) in [6, 6.07) is 2.83. The van der Waals surface area contributed by atoms with Gasteiger partial charge in [-0.25, -0.2) is 9.78 Å². The van der Waals surface area contributed by atoms with Crippen molar-refractivity contribution in [3.8, 4) is 0 Å². The quantitative estimate of drug-likeness (QED) is 0.502. The highest BCUT2D eigenvalue weighted by molar-refractivity contribution is 5.82. The first-order chi connectivity index (χ1) is 9.94. The fraction of sp³-hybridized carbons (Fsp3) is 0.571. The second-order valence-corrected chi connectivity index (χ2v) is 5.48. The van der Waals surface area contributed by atoms with E-state index >= 15 is 0 Å². The summed E-state index contributed by atoms with van der Waals surface area (Å²) in [7, 11) is 0. The van der Waals surface area contributed by atoms with Gasteiger partial charge in [-0.2, -0.15) is 0 Å². The molecular weight excluding hydrogens is 274 g/mol. The predicted molar refractivity (Wildman–Crippen MR) is 77.3 cm³/mol. The zero-order valence-corrected chi connectivity index (χ0v) is 12.0. The van der Waals surface area contributed by atoms with E-state index in [1.54, 1.807) is 6.92 Å². The van der Waals surface area contributed by atoms with Gasteiger partial charge in [0.2, 0.25) is 0 Å². The Balaban J connectivity index is 2.26. The molecule has 0 unspecified atom stereocenters. The van der Waals surface area contributed by atoms with E-state index in [1.165, 1.54) is 12.1 Å². The average molecular weight is 293 g/mol. The average Bonchev–Trinajstić information content (AvgIpc) is 2.65. The maximum atomic E-state index is 11.7. The lowest BCUT2D eigenvalue weighted by Gasteiger charge is -2.29. The summed E-state index contributed by atoms with van der Waals surface area (Å²) >= 11 is 0. The molecule has 1 aromatic heterocycles. The molecule has 0 saturated heterocycles. The highest BCUT2D eigenvalue weighted by atomic mass is 16.6. The van der Waals surface area contributed by atoms with Gasteiger partial charge in [0.1, 0.15) is 17.1 Å². The van der Waals surface area contributed by atoms with Crippen molar-refractivity contribution in [1.82, 2.24) is 4.98 Å². The number of hydrogen-bond acceptors (Lipinski definition) is 5. The summed E-state index contributed by atoms with van der Waals surface area (Å²) in [6.07, 6.45) is 4.85. The van der Waals surface area contributed by atoms with Gasteiger partial charge in [-0.1, -0.05) is 25.7 Å². The van der Waals surface area contributed by atoms with Crippen LogP contribution < -0.4 is 5.32 Å². The molecule has 0 bridgehead atoms. The fourth-order valence-corrected chi connectivity index (χ4v) is 2.79. The highest BCUT2D eigenvalue weighted by Crippen LogP contribution is 2.31. The van der Waals surface area contributed by atoms with Crippen LogP contribution in [-0.2, 0) is 4.79 Å². The molecule has 1 aliphatic carbocycles. The molecule has 1 aromatic rings. The van der Waals surface area contributed by atoms with Crippen LogP contribution in [0.15, 0.2) is 12.1 Å². The molecule has 1 fully saturated rings. The van der Waals surface area contributed by atoms with Crippen LogP contribution >= 0.6 is 0 Å². The highest BCUT2D eigenvalue weighted by Gasteiger charge is 2.39. The first-order valence-corrected chi connectivity index (χ1v) is 7.08. The van der Waals surface area contributed by atoms with Crippen molar-refractivity contribution in [2.45, 2.75) is 51.0 Å².